The third kappa shape index (κ3) is 3.24. The summed E-state index contributed by atoms with van der Waals surface area (Å²) in [4.78, 5) is 13.9. The van der Waals surface area contributed by atoms with Crippen molar-refractivity contribution in [3.63, 3.8) is 0 Å². The van der Waals surface area contributed by atoms with Crippen molar-refractivity contribution in [2.24, 2.45) is 5.73 Å². The molecule has 1 aliphatic rings. The Morgan fingerprint density at radius 1 is 1.52 bits per heavy atom. The van der Waals surface area contributed by atoms with Crippen molar-refractivity contribution in [1.29, 1.82) is 0 Å². The van der Waals surface area contributed by atoms with Crippen molar-refractivity contribution in [3.8, 4) is 5.75 Å². The van der Waals surface area contributed by atoms with Crippen LogP contribution in [0.2, 0.25) is 5.02 Å². The summed E-state index contributed by atoms with van der Waals surface area (Å²) in [6, 6.07) is 2.76. The molecule has 0 saturated heterocycles. The fourth-order valence-electron chi connectivity index (χ4n) is 2.58. The summed E-state index contributed by atoms with van der Waals surface area (Å²) in [6.45, 7) is 6.10. The van der Waals surface area contributed by atoms with Gasteiger partial charge in [0.1, 0.15) is 11.4 Å². The standard InChI is InChI=1S/C15H21ClN2O3/c1-15(2,3)21-14(20)18-7-6-9-10(16)4-5-12(19)13(9)11(18)8-17/h4-5,11,19H,6-8,17H2,1-3H3. The molecule has 3 N–H and O–H groups in total. The van der Waals surface area contributed by atoms with E-state index >= 15 is 0 Å². The second-order valence-electron chi connectivity index (χ2n) is 6.13. The summed E-state index contributed by atoms with van der Waals surface area (Å²) in [6.07, 6.45) is 0.140. The van der Waals surface area contributed by atoms with E-state index in [0.29, 0.717) is 23.6 Å². The summed E-state index contributed by atoms with van der Waals surface area (Å²) in [5.74, 6) is 0.109. The summed E-state index contributed by atoms with van der Waals surface area (Å²) in [7, 11) is 0. The zero-order valence-corrected chi connectivity index (χ0v) is 13.3. The van der Waals surface area contributed by atoms with Gasteiger partial charge in [-0.3, -0.25) is 4.90 Å². The predicted molar refractivity (Wildman–Crippen MR) is 81.6 cm³/mol. The fraction of sp³-hybridized carbons (Fsp3) is 0.533. The maximum atomic E-state index is 12.3. The lowest BCUT2D eigenvalue weighted by atomic mass is 9.92. The van der Waals surface area contributed by atoms with Gasteiger partial charge in [-0.15, -0.1) is 0 Å². The van der Waals surface area contributed by atoms with Crippen molar-refractivity contribution in [2.75, 3.05) is 13.1 Å². The van der Waals surface area contributed by atoms with Crippen LogP contribution in [0.1, 0.15) is 37.9 Å². The van der Waals surface area contributed by atoms with Crippen LogP contribution in [0.25, 0.3) is 0 Å². The summed E-state index contributed by atoms with van der Waals surface area (Å²) in [5, 5.41) is 10.7. The summed E-state index contributed by atoms with van der Waals surface area (Å²) < 4.78 is 5.41. The Morgan fingerprint density at radius 3 is 2.76 bits per heavy atom. The maximum absolute atomic E-state index is 12.3. The Balaban J connectivity index is 2.36. The number of nitrogens with two attached hydrogens (primary N) is 1. The van der Waals surface area contributed by atoms with E-state index in [9.17, 15) is 9.90 Å². The van der Waals surface area contributed by atoms with Gasteiger partial charge >= 0.3 is 6.09 Å². The largest absolute Gasteiger partial charge is 0.508 e. The Labute approximate surface area is 129 Å². The molecule has 0 bridgehead atoms. The number of phenolic OH excluding ortho intramolecular Hbond substituents is 1. The fourth-order valence-corrected chi connectivity index (χ4v) is 2.84. The molecule has 0 spiro atoms. The van der Waals surface area contributed by atoms with Crippen molar-refractivity contribution in [2.45, 2.75) is 38.8 Å². The molecule has 1 atom stereocenters. The van der Waals surface area contributed by atoms with Gasteiger partial charge in [0.25, 0.3) is 0 Å². The molecule has 116 valence electrons. The van der Waals surface area contributed by atoms with E-state index in [1.54, 1.807) is 11.0 Å². The van der Waals surface area contributed by atoms with E-state index in [1.165, 1.54) is 6.07 Å². The number of benzene rings is 1. The number of carbonyl (C=O) groups is 1. The van der Waals surface area contributed by atoms with Crippen LogP contribution >= 0.6 is 11.6 Å². The molecule has 0 aromatic heterocycles. The van der Waals surface area contributed by atoms with Gasteiger partial charge in [-0.25, -0.2) is 4.79 Å². The molecule has 1 unspecified atom stereocenters. The van der Waals surface area contributed by atoms with Crippen molar-refractivity contribution in [1.82, 2.24) is 4.90 Å². The van der Waals surface area contributed by atoms with Crippen LogP contribution in [0.4, 0.5) is 4.79 Å². The smallest absolute Gasteiger partial charge is 0.410 e. The quantitative estimate of drug-likeness (QED) is 0.836. The lowest BCUT2D eigenvalue weighted by Gasteiger charge is -2.38. The van der Waals surface area contributed by atoms with Crippen LogP contribution in [0, 0.1) is 0 Å². The van der Waals surface area contributed by atoms with Crippen molar-refractivity contribution < 1.29 is 14.6 Å². The Kier molecular flexibility index (Phi) is 4.35. The molecule has 1 aromatic rings. The number of carbonyl (C=O) groups excluding carboxylic acids is 1. The lowest BCUT2D eigenvalue weighted by Crippen LogP contribution is -2.45. The number of aromatic hydroxyl groups is 1. The van der Waals surface area contributed by atoms with Crippen LogP contribution in [-0.4, -0.2) is 34.8 Å². The molecule has 5 nitrogen and oxygen atoms in total. The second kappa shape index (κ2) is 5.73. The van der Waals surface area contributed by atoms with E-state index in [-0.39, 0.29) is 12.3 Å². The topological polar surface area (TPSA) is 75.8 Å². The van der Waals surface area contributed by atoms with E-state index in [0.717, 1.165) is 5.56 Å². The maximum Gasteiger partial charge on any atom is 0.410 e. The minimum Gasteiger partial charge on any atom is -0.508 e. The number of halogens is 1. The van der Waals surface area contributed by atoms with E-state index in [2.05, 4.69) is 0 Å². The van der Waals surface area contributed by atoms with E-state index in [1.807, 2.05) is 20.8 Å². The minimum absolute atomic E-state index is 0.109. The van der Waals surface area contributed by atoms with Gasteiger partial charge in [0, 0.05) is 23.7 Å². The Hall–Kier alpha value is -1.46. The van der Waals surface area contributed by atoms with Gasteiger partial charge in [-0.1, -0.05) is 11.6 Å². The molecular weight excluding hydrogens is 292 g/mol. The van der Waals surface area contributed by atoms with Crippen LogP contribution in [0.15, 0.2) is 12.1 Å². The zero-order chi connectivity index (χ0) is 15.8. The Morgan fingerprint density at radius 2 is 2.19 bits per heavy atom. The highest BCUT2D eigenvalue weighted by Gasteiger charge is 2.35. The molecule has 0 aliphatic carbocycles. The molecule has 2 rings (SSSR count). The highest BCUT2D eigenvalue weighted by Crippen LogP contribution is 2.39. The van der Waals surface area contributed by atoms with Crippen molar-refractivity contribution in [3.05, 3.63) is 28.3 Å². The molecule has 21 heavy (non-hydrogen) atoms. The molecular formula is C15H21ClN2O3. The summed E-state index contributed by atoms with van der Waals surface area (Å²) in [5.41, 5.74) is 6.73. The first kappa shape index (κ1) is 15.9. The van der Waals surface area contributed by atoms with Crippen LogP contribution in [-0.2, 0) is 11.2 Å². The lowest BCUT2D eigenvalue weighted by molar-refractivity contribution is 0.0148. The number of amides is 1. The number of hydrogen-bond acceptors (Lipinski definition) is 4. The average molecular weight is 313 g/mol. The first-order chi connectivity index (χ1) is 9.74. The van der Waals surface area contributed by atoms with Gasteiger partial charge in [-0.2, -0.15) is 0 Å². The predicted octanol–water partition coefficient (Wildman–Crippen LogP) is 2.84. The molecule has 0 radical (unpaired) electrons. The van der Waals surface area contributed by atoms with Crippen LogP contribution in [0.5, 0.6) is 5.75 Å². The molecule has 6 heteroatoms. The number of ether oxygens (including phenoxy) is 1. The highest BCUT2D eigenvalue weighted by molar-refractivity contribution is 6.31. The normalized spacial score (nSPS) is 18.3. The number of nitrogens with zero attached hydrogens (tertiary/aromatic N) is 1. The number of phenols is 1. The molecule has 0 fully saturated rings. The molecule has 1 amide bonds. The number of fused-ring (bicyclic) bond motifs is 1. The average Bonchev–Trinajstić information content (AvgIpc) is 2.39. The molecule has 1 aromatic carbocycles. The molecule has 0 saturated carbocycles. The minimum atomic E-state index is -0.577. The van der Waals surface area contributed by atoms with E-state index < -0.39 is 17.7 Å². The third-order valence-corrected chi connectivity index (χ3v) is 3.79. The van der Waals surface area contributed by atoms with Gasteiger partial charge in [0.15, 0.2) is 0 Å². The van der Waals surface area contributed by atoms with Crippen molar-refractivity contribution >= 4 is 17.7 Å². The van der Waals surface area contributed by atoms with Gasteiger partial charge in [0.05, 0.1) is 6.04 Å². The highest BCUT2D eigenvalue weighted by atomic mass is 35.5. The van der Waals surface area contributed by atoms with Crippen LogP contribution in [0.3, 0.4) is 0 Å². The van der Waals surface area contributed by atoms with Gasteiger partial charge in [-0.05, 0) is 44.9 Å². The molecule has 1 heterocycles. The summed E-state index contributed by atoms with van der Waals surface area (Å²) >= 11 is 6.18. The Bertz CT molecular complexity index is 555. The second-order valence-corrected chi connectivity index (χ2v) is 6.54. The van der Waals surface area contributed by atoms with E-state index in [4.69, 9.17) is 22.1 Å². The monoisotopic (exact) mass is 312 g/mol. The zero-order valence-electron chi connectivity index (χ0n) is 12.5. The number of rotatable bonds is 1. The first-order valence-corrected chi connectivity index (χ1v) is 7.32. The van der Waals surface area contributed by atoms with Gasteiger partial charge in [0.2, 0.25) is 0 Å². The van der Waals surface area contributed by atoms with Crippen LogP contribution < -0.4 is 5.73 Å². The van der Waals surface area contributed by atoms with Gasteiger partial charge < -0.3 is 15.6 Å². The number of hydrogen-bond donors (Lipinski definition) is 2. The molecule has 1 aliphatic heterocycles. The SMILES string of the molecule is CC(C)(C)OC(=O)N1CCc2c(Cl)ccc(O)c2C1CN. The first-order valence-electron chi connectivity index (χ1n) is 6.94. The third-order valence-electron chi connectivity index (χ3n) is 3.44.